The van der Waals surface area contributed by atoms with Gasteiger partial charge >= 0.3 is 0 Å². The number of anilines is 2. The van der Waals surface area contributed by atoms with Gasteiger partial charge in [0.2, 0.25) is 0 Å². The Kier molecular flexibility index (Phi) is 8.12. The highest BCUT2D eigenvalue weighted by Crippen LogP contribution is 2.46. The molecule has 1 amide bonds. The molecule has 1 aliphatic rings. The number of benzene rings is 1. The molecule has 3 heterocycles. The first-order chi connectivity index (χ1) is 17.7. The van der Waals surface area contributed by atoms with Crippen LogP contribution in [0.4, 0.5) is 19.6 Å². The Hall–Kier alpha value is -2.61. The highest BCUT2D eigenvalue weighted by molar-refractivity contribution is 8.24. The van der Waals surface area contributed by atoms with E-state index in [1.54, 1.807) is 18.2 Å². The number of aliphatic hydroxyl groups is 2. The molecule has 4 rings (SSSR count). The molecular weight excluding hydrogens is 536 g/mol. The molecule has 1 aromatic carbocycles. The van der Waals surface area contributed by atoms with Crippen molar-refractivity contribution in [1.29, 1.82) is 0 Å². The molecule has 0 radical (unpaired) electrons. The number of carbonyl (C=O) groups is 1. The van der Waals surface area contributed by atoms with E-state index in [9.17, 15) is 32.9 Å². The van der Waals surface area contributed by atoms with E-state index in [1.807, 2.05) is 0 Å². The summed E-state index contributed by atoms with van der Waals surface area (Å²) in [5, 5.41) is 24.0. The van der Waals surface area contributed by atoms with E-state index in [4.69, 9.17) is 5.73 Å². The van der Waals surface area contributed by atoms with Crippen LogP contribution in [0.3, 0.4) is 0 Å². The topological polar surface area (TPSA) is 149 Å². The number of thiophene rings is 1. The van der Waals surface area contributed by atoms with E-state index in [-0.39, 0.29) is 50.4 Å². The maximum absolute atomic E-state index is 14.9. The Morgan fingerprint density at radius 1 is 1.21 bits per heavy atom. The van der Waals surface area contributed by atoms with Crippen molar-refractivity contribution >= 4 is 38.7 Å². The largest absolute Gasteiger partial charge is 0.392 e. The van der Waals surface area contributed by atoms with Gasteiger partial charge in [0.15, 0.2) is 0 Å². The van der Waals surface area contributed by atoms with Crippen LogP contribution in [-0.2, 0) is 12.0 Å². The van der Waals surface area contributed by atoms with Gasteiger partial charge in [0.05, 0.1) is 22.8 Å². The Labute approximate surface area is 224 Å². The van der Waals surface area contributed by atoms with Crippen molar-refractivity contribution in [2.24, 2.45) is 11.7 Å². The standard InChI is InChI=1S/C26H31F2N3O5S2/c1-26(2,34)15-10-18(27)23(19(28)11-15)21-13-17(24(29)33)25(37-21)31-22-5-3-4-16(30-22)12-20(32)14-6-8-38(35,36)9-7-14/h3-5,10-11,13-14,20,32,34-36H,6-9,12H2,1-2H3,(H2,29,33)(H,30,31). The van der Waals surface area contributed by atoms with E-state index in [0.717, 1.165) is 23.5 Å². The zero-order valence-electron chi connectivity index (χ0n) is 20.9. The average molecular weight is 568 g/mol. The van der Waals surface area contributed by atoms with Gasteiger partial charge in [0.25, 0.3) is 5.91 Å². The number of aromatic nitrogens is 1. The monoisotopic (exact) mass is 567 g/mol. The number of hydrogen-bond acceptors (Lipinski definition) is 8. The van der Waals surface area contributed by atoms with Crippen molar-refractivity contribution < 1.29 is 32.9 Å². The van der Waals surface area contributed by atoms with Crippen molar-refractivity contribution in [1.82, 2.24) is 4.98 Å². The highest BCUT2D eigenvalue weighted by Gasteiger charge is 2.29. The van der Waals surface area contributed by atoms with Gasteiger partial charge in [0, 0.05) is 28.5 Å². The minimum atomic E-state index is -2.54. The fourth-order valence-electron chi connectivity index (χ4n) is 4.42. The molecule has 206 valence electrons. The van der Waals surface area contributed by atoms with Crippen LogP contribution in [0.1, 0.15) is 48.3 Å². The van der Waals surface area contributed by atoms with Crippen molar-refractivity contribution in [2.45, 2.75) is 44.8 Å². The number of halogens is 2. The quantitative estimate of drug-likeness (QED) is 0.218. The van der Waals surface area contributed by atoms with E-state index in [0.29, 0.717) is 24.4 Å². The first-order valence-corrected chi connectivity index (χ1v) is 14.7. The molecule has 7 N–H and O–H groups in total. The second-order valence-corrected chi connectivity index (χ2v) is 13.5. The summed E-state index contributed by atoms with van der Waals surface area (Å²) in [4.78, 5) is 16.8. The molecule has 38 heavy (non-hydrogen) atoms. The Bertz CT molecular complexity index is 1310. The summed E-state index contributed by atoms with van der Waals surface area (Å²) in [5.41, 5.74) is 4.44. The summed E-state index contributed by atoms with van der Waals surface area (Å²) in [6.07, 6.45) is 0.582. The molecule has 1 aliphatic heterocycles. The van der Waals surface area contributed by atoms with Gasteiger partial charge in [0.1, 0.15) is 22.5 Å². The number of amides is 1. The molecule has 0 aliphatic carbocycles. The Balaban J connectivity index is 1.56. The molecule has 0 spiro atoms. The molecule has 1 unspecified atom stereocenters. The van der Waals surface area contributed by atoms with E-state index in [2.05, 4.69) is 10.3 Å². The summed E-state index contributed by atoms with van der Waals surface area (Å²) >= 11 is 0.931. The van der Waals surface area contributed by atoms with Crippen LogP contribution >= 0.6 is 21.9 Å². The van der Waals surface area contributed by atoms with Crippen LogP contribution in [0.2, 0.25) is 0 Å². The van der Waals surface area contributed by atoms with Crippen molar-refractivity contribution in [2.75, 3.05) is 16.8 Å². The third-order valence-electron chi connectivity index (χ3n) is 6.63. The molecule has 0 bridgehead atoms. The molecule has 3 aromatic rings. The van der Waals surface area contributed by atoms with Crippen LogP contribution in [0.5, 0.6) is 0 Å². The molecule has 12 heteroatoms. The SMILES string of the molecule is CC(C)(O)c1cc(F)c(-c2cc(C(N)=O)c(Nc3cccc(CC(O)C4CCS(O)(O)CC4)n3)s2)c(F)c1. The van der Waals surface area contributed by atoms with Crippen LogP contribution in [0.15, 0.2) is 36.4 Å². The first-order valence-electron chi connectivity index (χ1n) is 12.0. The minimum Gasteiger partial charge on any atom is -0.392 e. The van der Waals surface area contributed by atoms with Gasteiger partial charge in [-0.25, -0.2) is 13.8 Å². The second-order valence-electron chi connectivity index (χ2n) is 10.1. The first kappa shape index (κ1) is 28.4. The number of nitrogens with zero attached hydrogens (tertiary/aromatic N) is 1. The lowest BCUT2D eigenvalue weighted by atomic mass is 9.93. The third-order valence-corrected chi connectivity index (χ3v) is 9.48. The predicted molar refractivity (Wildman–Crippen MR) is 146 cm³/mol. The van der Waals surface area contributed by atoms with Crippen LogP contribution < -0.4 is 11.1 Å². The molecule has 0 saturated carbocycles. The highest BCUT2D eigenvalue weighted by atomic mass is 32.3. The Morgan fingerprint density at radius 2 is 1.84 bits per heavy atom. The summed E-state index contributed by atoms with van der Waals surface area (Å²) in [6.45, 7) is 2.84. The lowest BCUT2D eigenvalue weighted by molar-refractivity contribution is 0.0778. The molecular formula is C26H31F2N3O5S2. The third kappa shape index (κ3) is 6.50. The van der Waals surface area contributed by atoms with Gasteiger partial charge in [-0.1, -0.05) is 6.07 Å². The fourth-order valence-corrected chi connectivity index (χ4v) is 7.11. The number of nitrogens with two attached hydrogens (primary N) is 1. The molecule has 1 atom stereocenters. The number of hydrogen-bond donors (Lipinski definition) is 6. The number of nitrogens with one attached hydrogen (secondary N) is 1. The Morgan fingerprint density at radius 3 is 2.42 bits per heavy atom. The number of rotatable bonds is 8. The van der Waals surface area contributed by atoms with E-state index < -0.39 is 39.8 Å². The van der Waals surface area contributed by atoms with Crippen molar-refractivity contribution in [3.8, 4) is 10.4 Å². The van der Waals surface area contributed by atoms with Gasteiger partial charge < -0.3 is 21.3 Å². The second kappa shape index (κ2) is 10.9. The smallest absolute Gasteiger partial charge is 0.251 e. The lowest BCUT2D eigenvalue weighted by Crippen LogP contribution is -2.30. The molecule has 1 fully saturated rings. The molecule has 2 aromatic heterocycles. The number of carbonyl (C=O) groups excluding carboxylic acids is 1. The zero-order valence-corrected chi connectivity index (χ0v) is 22.6. The number of pyridine rings is 1. The minimum absolute atomic E-state index is 0.0313. The van der Waals surface area contributed by atoms with Gasteiger partial charge in [-0.2, -0.15) is 10.6 Å². The number of primary amides is 1. The summed E-state index contributed by atoms with van der Waals surface area (Å²) < 4.78 is 49.5. The lowest BCUT2D eigenvalue weighted by Gasteiger charge is -2.40. The van der Waals surface area contributed by atoms with Gasteiger partial charge in [-0.3, -0.25) is 13.9 Å². The van der Waals surface area contributed by atoms with Gasteiger partial charge in [-0.15, -0.1) is 11.3 Å². The van der Waals surface area contributed by atoms with Crippen LogP contribution in [0.25, 0.3) is 10.4 Å². The normalized spacial score (nSPS) is 17.7. The molecule has 1 saturated heterocycles. The molecule has 8 nitrogen and oxygen atoms in total. The predicted octanol–water partition coefficient (Wildman–Crippen LogP) is 5.22. The number of aliphatic hydroxyl groups excluding tert-OH is 1. The van der Waals surface area contributed by atoms with Gasteiger partial charge in [-0.05, 0) is 68.5 Å². The maximum atomic E-state index is 14.9. The summed E-state index contributed by atoms with van der Waals surface area (Å²) in [6, 6.07) is 8.54. The fraction of sp³-hybridized carbons (Fsp3) is 0.385. The zero-order chi connectivity index (χ0) is 27.8. The maximum Gasteiger partial charge on any atom is 0.251 e. The average Bonchev–Trinajstić information content (AvgIpc) is 3.21. The van der Waals surface area contributed by atoms with Crippen molar-refractivity contribution in [3.63, 3.8) is 0 Å². The van der Waals surface area contributed by atoms with E-state index >= 15 is 0 Å². The van der Waals surface area contributed by atoms with Crippen LogP contribution in [0, 0.1) is 17.6 Å². The summed E-state index contributed by atoms with van der Waals surface area (Å²) in [5.74, 6) is -1.72. The van der Waals surface area contributed by atoms with Crippen molar-refractivity contribution in [3.05, 3.63) is 64.9 Å². The summed E-state index contributed by atoms with van der Waals surface area (Å²) in [7, 11) is -2.54. The van der Waals surface area contributed by atoms with Crippen LogP contribution in [-0.4, -0.2) is 47.8 Å². The van der Waals surface area contributed by atoms with E-state index in [1.165, 1.54) is 19.9 Å².